The van der Waals surface area contributed by atoms with Gasteiger partial charge in [0.15, 0.2) is 0 Å². The third-order valence-corrected chi connectivity index (χ3v) is 3.78. The lowest BCUT2D eigenvalue weighted by molar-refractivity contribution is -0.137. The highest BCUT2D eigenvalue weighted by atomic mass is 79.9. The fourth-order valence-electron chi connectivity index (χ4n) is 1.23. The Labute approximate surface area is 108 Å². The number of carboxylic acid groups (broad SMARTS) is 1. The predicted molar refractivity (Wildman–Crippen MR) is 67.0 cm³/mol. The van der Waals surface area contributed by atoms with Crippen LogP contribution in [-0.4, -0.2) is 36.6 Å². The molecule has 0 aromatic heterocycles. The summed E-state index contributed by atoms with van der Waals surface area (Å²) < 4.78 is 24.6. The molecule has 0 saturated heterocycles. The second-order valence-electron chi connectivity index (χ2n) is 3.55. The molecule has 0 saturated carbocycles. The van der Waals surface area contributed by atoms with Crippen LogP contribution in [0.3, 0.4) is 0 Å². The first kappa shape index (κ1) is 14.1. The molecular weight excluding hydrogens is 310 g/mol. The number of sulfonamides is 1. The zero-order valence-electron chi connectivity index (χ0n) is 9.13. The SMILES string of the molecule is CS(=O)(=O)N(CC(=O)O)Cc1ccc(Br)cc1. The average Bonchev–Trinajstić information content (AvgIpc) is 2.18. The van der Waals surface area contributed by atoms with Crippen molar-refractivity contribution in [2.24, 2.45) is 0 Å². The Kier molecular flexibility index (Phi) is 4.67. The lowest BCUT2D eigenvalue weighted by atomic mass is 10.2. The van der Waals surface area contributed by atoms with Crippen molar-refractivity contribution in [2.45, 2.75) is 6.54 Å². The third kappa shape index (κ3) is 4.84. The van der Waals surface area contributed by atoms with Gasteiger partial charge in [-0.05, 0) is 17.7 Å². The summed E-state index contributed by atoms with van der Waals surface area (Å²) in [5.74, 6) is -1.17. The quantitative estimate of drug-likeness (QED) is 0.886. The van der Waals surface area contributed by atoms with E-state index < -0.39 is 22.5 Å². The predicted octanol–water partition coefficient (Wildman–Crippen LogP) is 1.30. The molecule has 0 spiro atoms. The van der Waals surface area contributed by atoms with Gasteiger partial charge in [-0.2, -0.15) is 4.31 Å². The van der Waals surface area contributed by atoms with Crippen LogP contribution in [0.2, 0.25) is 0 Å². The van der Waals surface area contributed by atoms with Gasteiger partial charge in [0.2, 0.25) is 10.0 Å². The second-order valence-corrected chi connectivity index (χ2v) is 6.45. The Morgan fingerprint density at radius 2 is 1.88 bits per heavy atom. The van der Waals surface area contributed by atoms with Crippen LogP contribution in [0, 0.1) is 0 Å². The average molecular weight is 322 g/mol. The van der Waals surface area contributed by atoms with Crippen molar-refractivity contribution in [1.29, 1.82) is 0 Å². The summed E-state index contributed by atoms with van der Waals surface area (Å²) in [5, 5.41) is 8.66. The van der Waals surface area contributed by atoms with Crippen molar-refractivity contribution in [3.63, 3.8) is 0 Å². The molecule has 94 valence electrons. The highest BCUT2D eigenvalue weighted by molar-refractivity contribution is 9.10. The largest absolute Gasteiger partial charge is 0.480 e. The molecule has 1 aromatic rings. The maximum Gasteiger partial charge on any atom is 0.318 e. The Morgan fingerprint density at radius 1 is 1.35 bits per heavy atom. The van der Waals surface area contributed by atoms with E-state index in [4.69, 9.17) is 5.11 Å². The number of hydrogen-bond donors (Lipinski definition) is 1. The minimum absolute atomic E-state index is 0.0540. The second kappa shape index (κ2) is 5.61. The number of rotatable bonds is 5. The minimum Gasteiger partial charge on any atom is -0.480 e. The number of benzene rings is 1. The Morgan fingerprint density at radius 3 is 2.29 bits per heavy atom. The molecule has 0 aliphatic carbocycles. The van der Waals surface area contributed by atoms with Crippen LogP contribution in [0.25, 0.3) is 0 Å². The standard InChI is InChI=1S/C10H12BrNO4S/c1-17(15,16)12(7-10(13)14)6-8-2-4-9(11)5-3-8/h2-5H,6-7H2,1H3,(H,13,14). The molecule has 17 heavy (non-hydrogen) atoms. The van der Waals surface area contributed by atoms with Crippen molar-refractivity contribution in [2.75, 3.05) is 12.8 Å². The molecule has 7 heteroatoms. The number of aliphatic carboxylic acids is 1. The first-order valence-electron chi connectivity index (χ1n) is 4.70. The number of hydrogen-bond acceptors (Lipinski definition) is 3. The summed E-state index contributed by atoms with van der Waals surface area (Å²) in [6.07, 6.45) is 0.995. The molecule has 0 unspecified atom stereocenters. The fraction of sp³-hybridized carbons (Fsp3) is 0.300. The van der Waals surface area contributed by atoms with Crippen molar-refractivity contribution in [3.8, 4) is 0 Å². The van der Waals surface area contributed by atoms with Crippen LogP contribution in [0.1, 0.15) is 5.56 Å². The molecule has 0 heterocycles. The number of halogens is 1. The summed E-state index contributed by atoms with van der Waals surface area (Å²) in [7, 11) is -3.53. The lowest BCUT2D eigenvalue weighted by Gasteiger charge is -2.17. The van der Waals surface area contributed by atoms with Gasteiger partial charge in [0.25, 0.3) is 0 Å². The van der Waals surface area contributed by atoms with Crippen LogP contribution in [0.4, 0.5) is 0 Å². The van der Waals surface area contributed by atoms with Crippen LogP contribution in [0.5, 0.6) is 0 Å². The molecule has 0 radical (unpaired) electrons. The zero-order chi connectivity index (χ0) is 13.1. The summed E-state index contributed by atoms with van der Waals surface area (Å²) >= 11 is 3.27. The zero-order valence-corrected chi connectivity index (χ0v) is 11.5. The van der Waals surface area contributed by atoms with Gasteiger partial charge in [-0.25, -0.2) is 8.42 Å². The van der Waals surface area contributed by atoms with E-state index in [1.165, 1.54) is 0 Å². The summed E-state index contributed by atoms with van der Waals surface area (Å²) in [5.41, 5.74) is 0.736. The van der Waals surface area contributed by atoms with Crippen molar-refractivity contribution < 1.29 is 18.3 Å². The van der Waals surface area contributed by atoms with E-state index in [1.807, 2.05) is 0 Å². The molecule has 5 nitrogen and oxygen atoms in total. The summed E-state index contributed by atoms with van der Waals surface area (Å²) in [6, 6.07) is 7.03. The number of carbonyl (C=O) groups is 1. The van der Waals surface area contributed by atoms with Crippen LogP contribution < -0.4 is 0 Å². The van der Waals surface area contributed by atoms with Crippen molar-refractivity contribution in [3.05, 3.63) is 34.3 Å². The van der Waals surface area contributed by atoms with E-state index in [-0.39, 0.29) is 6.54 Å². The molecule has 0 aliphatic rings. The van der Waals surface area contributed by atoms with Gasteiger partial charge >= 0.3 is 5.97 Å². The maximum absolute atomic E-state index is 11.4. The number of carboxylic acids is 1. The number of nitrogens with zero attached hydrogens (tertiary/aromatic N) is 1. The van der Waals surface area contributed by atoms with E-state index in [0.717, 1.165) is 20.6 Å². The van der Waals surface area contributed by atoms with Gasteiger partial charge in [-0.3, -0.25) is 4.79 Å². The monoisotopic (exact) mass is 321 g/mol. The molecule has 0 atom stereocenters. The van der Waals surface area contributed by atoms with Crippen molar-refractivity contribution >= 4 is 31.9 Å². The molecule has 1 N–H and O–H groups in total. The van der Waals surface area contributed by atoms with Gasteiger partial charge < -0.3 is 5.11 Å². The molecule has 1 aromatic carbocycles. The highest BCUT2D eigenvalue weighted by Crippen LogP contribution is 2.13. The lowest BCUT2D eigenvalue weighted by Crippen LogP contribution is -2.34. The molecule has 0 fully saturated rings. The molecule has 0 aliphatic heterocycles. The van der Waals surface area contributed by atoms with Gasteiger partial charge in [0.1, 0.15) is 6.54 Å². The normalized spacial score (nSPS) is 11.7. The molecule has 1 rings (SSSR count). The third-order valence-electron chi connectivity index (χ3n) is 2.05. The van der Waals surface area contributed by atoms with Gasteiger partial charge in [-0.1, -0.05) is 28.1 Å². The smallest absolute Gasteiger partial charge is 0.318 e. The van der Waals surface area contributed by atoms with E-state index in [2.05, 4.69) is 15.9 Å². The van der Waals surface area contributed by atoms with Crippen LogP contribution >= 0.6 is 15.9 Å². The van der Waals surface area contributed by atoms with Gasteiger partial charge in [-0.15, -0.1) is 0 Å². The molecule has 0 amide bonds. The van der Waals surface area contributed by atoms with E-state index in [1.54, 1.807) is 24.3 Å². The van der Waals surface area contributed by atoms with E-state index >= 15 is 0 Å². The van der Waals surface area contributed by atoms with Gasteiger partial charge in [0, 0.05) is 11.0 Å². The minimum atomic E-state index is -3.53. The Bertz CT molecular complexity index is 498. The maximum atomic E-state index is 11.4. The van der Waals surface area contributed by atoms with E-state index in [9.17, 15) is 13.2 Å². The Hall–Kier alpha value is -0.920. The molecular formula is C10H12BrNO4S. The first-order valence-corrected chi connectivity index (χ1v) is 7.34. The van der Waals surface area contributed by atoms with Crippen LogP contribution in [-0.2, 0) is 21.4 Å². The van der Waals surface area contributed by atoms with Crippen molar-refractivity contribution in [1.82, 2.24) is 4.31 Å². The first-order chi connectivity index (χ1) is 7.79. The Balaban J connectivity index is 2.87. The van der Waals surface area contributed by atoms with Gasteiger partial charge in [0.05, 0.1) is 6.26 Å². The summed E-state index contributed by atoms with van der Waals surface area (Å²) in [4.78, 5) is 10.6. The van der Waals surface area contributed by atoms with E-state index in [0.29, 0.717) is 0 Å². The van der Waals surface area contributed by atoms with Crippen LogP contribution in [0.15, 0.2) is 28.7 Å². The summed E-state index contributed by atoms with van der Waals surface area (Å²) in [6.45, 7) is -0.479. The topological polar surface area (TPSA) is 74.7 Å². The fourth-order valence-corrected chi connectivity index (χ4v) is 2.23. The molecule has 0 bridgehead atoms. The highest BCUT2D eigenvalue weighted by Gasteiger charge is 2.19.